The summed E-state index contributed by atoms with van der Waals surface area (Å²) in [6, 6.07) is 22.5. The van der Waals surface area contributed by atoms with Crippen LogP contribution in [0.3, 0.4) is 0 Å². The Morgan fingerprint density at radius 1 is 1.02 bits per heavy atom. The number of furan rings is 1. The molecule has 1 amide bonds. The van der Waals surface area contributed by atoms with Crippen molar-refractivity contribution in [2.75, 3.05) is 31.0 Å². The fourth-order valence-corrected chi connectivity index (χ4v) is 4.77. The number of methoxy groups -OCH3 is 1. The largest absolute Gasteiger partial charge is 0.465 e. The van der Waals surface area contributed by atoms with Gasteiger partial charge in [-0.15, -0.1) is 0 Å². The van der Waals surface area contributed by atoms with Crippen LogP contribution in [0.2, 0.25) is 0 Å². The molecule has 1 N–H and O–H groups in total. The fourth-order valence-electron chi connectivity index (χ4n) is 3.56. The van der Waals surface area contributed by atoms with Crippen molar-refractivity contribution in [3.05, 3.63) is 119 Å². The predicted molar refractivity (Wildman–Crippen MR) is 162 cm³/mol. The number of anilines is 1. The number of carbonyl (C=O) groups is 2. The van der Waals surface area contributed by atoms with Crippen LogP contribution in [0, 0.1) is 18.8 Å². The van der Waals surface area contributed by atoms with Gasteiger partial charge in [-0.1, -0.05) is 54.3 Å². The number of aromatic nitrogens is 1. The van der Waals surface area contributed by atoms with Crippen molar-refractivity contribution in [3.63, 3.8) is 0 Å². The molecule has 0 spiro atoms. The minimum atomic E-state index is -2.89. The van der Waals surface area contributed by atoms with E-state index in [0.29, 0.717) is 22.4 Å². The molecule has 2 unspecified atom stereocenters. The van der Waals surface area contributed by atoms with Crippen molar-refractivity contribution < 1.29 is 27.7 Å². The van der Waals surface area contributed by atoms with Gasteiger partial charge in [0.05, 0.1) is 22.6 Å². The Labute approximate surface area is 246 Å². The van der Waals surface area contributed by atoms with Gasteiger partial charge in [0, 0.05) is 53.7 Å². The van der Waals surface area contributed by atoms with E-state index in [0.717, 1.165) is 5.56 Å². The minimum Gasteiger partial charge on any atom is -0.465 e. The van der Waals surface area contributed by atoms with Crippen LogP contribution in [0.5, 0.6) is 0 Å². The number of amides is 1. The number of benzene rings is 2. The van der Waals surface area contributed by atoms with E-state index in [1.165, 1.54) is 25.8 Å². The molecule has 2 aromatic heterocycles. The predicted octanol–water partition coefficient (Wildman–Crippen LogP) is 5.63. The number of hydrogen-bond acceptors (Lipinski definition) is 8. The maximum atomic E-state index is 12.8. The number of ether oxygens (including phenoxy) is 2. The molecule has 2 aromatic carbocycles. The number of carbonyl (C=O) groups excluding carboxylic acids is 2. The zero-order chi connectivity index (χ0) is 30.4. The molecule has 0 fully saturated rings. The molecule has 4 rings (SSSR count). The Bertz CT molecular complexity index is 1640. The van der Waals surface area contributed by atoms with Crippen molar-refractivity contribution in [1.29, 1.82) is 0 Å². The lowest BCUT2D eigenvalue weighted by Gasteiger charge is -2.13. The average Bonchev–Trinajstić information content (AvgIpc) is 3.42. The van der Waals surface area contributed by atoms with Crippen molar-refractivity contribution in [2.24, 2.45) is 4.36 Å². The Hall–Kier alpha value is -4.72. The number of pyridine rings is 1. The lowest BCUT2D eigenvalue weighted by Crippen LogP contribution is -2.18. The van der Waals surface area contributed by atoms with E-state index in [1.807, 2.05) is 42.5 Å². The number of rotatable bonds is 8. The molecular weight excluding hydrogens is 554 g/mol. The van der Waals surface area contributed by atoms with E-state index >= 15 is 0 Å². The summed E-state index contributed by atoms with van der Waals surface area (Å²) >= 11 is 0. The summed E-state index contributed by atoms with van der Waals surface area (Å²) in [6.45, 7) is 3.67. The SMILES string of the molecule is CCOC(=O)CS(C)(=O)=NC(OC)c1cncc(C#Cc2cccc(NC(=O)c3occc3C)c2)c1.c1ccccc1. The van der Waals surface area contributed by atoms with E-state index in [4.69, 9.17) is 13.9 Å². The highest BCUT2D eigenvalue weighted by Gasteiger charge is 2.17. The van der Waals surface area contributed by atoms with Crippen LogP contribution in [-0.2, 0) is 24.0 Å². The lowest BCUT2D eigenvalue weighted by molar-refractivity contribution is -0.139. The Morgan fingerprint density at radius 3 is 2.33 bits per heavy atom. The first-order valence-electron chi connectivity index (χ1n) is 13.0. The summed E-state index contributed by atoms with van der Waals surface area (Å²) < 4.78 is 32.5. The molecule has 2 atom stereocenters. The van der Waals surface area contributed by atoms with Gasteiger partial charge >= 0.3 is 5.97 Å². The quantitative estimate of drug-likeness (QED) is 0.210. The zero-order valence-electron chi connectivity index (χ0n) is 23.9. The molecule has 0 aliphatic rings. The van der Waals surface area contributed by atoms with Gasteiger partial charge < -0.3 is 19.2 Å². The average molecular weight is 588 g/mol. The zero-order valence-corrected chi connectivity index (χ0v) is 24.7. The monoisotopic (exact) mass is 587 g/mol. The second kappa shape index (κ2) is 15.9. The van der Waals surface area contributed by atoms with Crippen LogP contribution in [-0.4, -0.2) is 46.8 Å². The summed E-state index contributed by atoms with van der Waals surface area (Å²) in [4.78, 5) is 28.3. The number of hydrogen-bond donors (Lipinski definition) is 1. The summed E-state index contributed by atoms with van der Waals surface area (Å²) in [5, 5.41) is 2.80. The third kappa shape index (κ3) is 10.4. The molecular formula is C32H33N3O6S. The molecule has 218 valence electrons. The molecule has 0 aliphatic carbocycles. The maximum Gasteiger partial charge on any atom is 0.319 e. The first kappa shape index (κ1) is 31.8. The molecule has 0 radical (unpaired) electrons. The van der Waals surface area contributed by atoms with Gasteiger partial charge in [0.15, 0.2) is 12.0 Å². The second-order valence-electron chi connectivity index (χ2n) is 8.98. The summed E-state index contributed by atoms with van der Waals surface area (Å²) in [5.74, 6) is 5.06. The lowest BCUT2D eigenvalue weighted by atomic mass is 10.1. The van der Waals surface area contributed by atoms with Gasteiger partial charge in [-0.3, -0.25) is 14.6 Å². The Kier molecular flexibility index (Phi) is 12.0. The highest BCUT2D eigenvalue weighted by Crippen LogP contribution is 2.20. The van der Waals surface area contributed by atoms with Gasteiger partial charge in [-0.05, 0) is 44.2 Å². The van der Waals surface area contributed by atoms with E-state index in [1.54, 1.807) is 50.4 Å². The molecule has 42 heavy (non-hydrogen) atoms. The standard InChI is InChI=1S/C26H27N3O6S.C6H6/c1-5-34-23(30)17-36(4,32)29-26(33-3)21-13-20(15-27-16-21)10-9-19-7-6-8-22(14-19)28-25(31)24-18(2)11-12-35-24;1-2-4-6-5-3-1/h6-8,11-16,26H,5,17H2,1-4H3,(H,28,31);1-6H. The molecule has 0 saturated heterocycles. The Morgan fingerprint density at radius 2 is 1.71 bits per heavy atom. The van der Waals surface area contributed by atoms with Gasteiger partial charge in [-0.25, -0.2) is 4.21 Å². The van der Waals surface area contributed by atoms with Gasteiger partial charge in [0.25, 0.3) is 5.91 Å². The second-order valence-corrected chi connectivity index (χ2v) is 11.4. The van der Waals surface area contributed by atoms with Crippen molar-refractivity contribution >= 4 is 27.3 Å². The third-order valence-corrected chi connectivity index (χ3v) is 6.89. The maximum absolute atomic E-state index is 12.8. The smallest absolute Gasteiger partial charge is 0.319 e. The molecule has 10 heteroatoms. The van der Waals surface area contributed by atoms with Crippen molar-refractivity contribution in [1.82, 2.24) is 4.98 Å². The first-order valence-corrected chi connectivity index (χ1v) is 15.1. The molecule has 2 heterocycles. The normalized spacial score (nSPS) is 12.3. The number of nitrogens with zero attached hydrogens (tertiary/aromatic N) is 2. The third-order valence-electron chi connectivity index (χ3n) is 5.48. The van der Waals surface area contributed by atoms with Crippen LogP contribution >= 0.6 is 0 Å². The van der Waals surface area contributed by atoms with E-state index in [9.17, 15) is 13.8 Å². The number of esters is 1. The summed E-state index contributed by atoms with van der Waals surface area (Å²) in [7, 11) is -1.47. The highest BCUT2D eigenvalue weighted by atomic mass is 32.2. The van der Waals surface area contributed by atoms with E-state index in [2.05, 4.69) is 26.5 Å². The first-order chi connectivity index (χ1) is 20.2. The molecule has 0 saturated carbocycles. The van der Waals surface area contributed by atoms with Crippen LogP contribution in [0.4, 0.5) is 5.69 Å². The van der Waals surface area contributed by atoms with Crippen LogP contribution in [0.1, 0.15) is 46.0 Å². The molecule has 4 aromatic rings. The molecule has 9 nitrogen and oxygen atoms in total. The highest BCUT2D eigenvalue weighted by molar-refractivity contribution is 7.93. The minimum absolute atomic E-state index is 0.200. The van der Waals surface area contributed by atoms with Crippen LogP contribution in [0.25, 0.3) is 0 Å². The van der Waals surface area contributed by atoms with Crippen molar-refractivity contribution in [2.45, 2.75) is 20.1 Å². The van der Waals surface area contributed by atoms with E-state index < -0.39 is 21.9 Å². The molecule has 0 bridgehead atoms. The number of aryl methyl sites for hydroxylation is 1. The van der Waals surface area contributed by atoms with Gasteiger partial charge in [-0.2, -0.15) is 4.36 Å². The summed E-state index contributed by atoms with van der Waals surface area (Å²) in [6.07, 6.45) is 5.07. The van der Waals surface area contributed by atoms with E-state index in [-0.39, 0.29) is 24.0 Å². The van der Waals surface area contributed by atoms with Crippen LogP contribution < -0.4 is 5.32 Å². The number of nitrogens with one attached hydrogen (secondary N) is 1. The molecule has 0 aliphatic heterocycles. The Balaban J connectivity index is 0.000000715. The van der Waals surface area contributed by atoms with Crippen molar-refractivity contribution in [3.8, 4) is 11.8 Å². The van der Waals surface area contributed by atoms with Gasteiger partial charge in [0.2, 0.25) is 0 Å². The van der Waals surface area contributed by atoms with Gasteiger partial charge in [0.1, 0.15) is 5.75 Å². The topological polar surface area (TPSA) is 120 Å². The fraction of sp³-hybridized carbons (Fsp3) is 0.219. The van der Waals surface area contributed by atoms with Crippen LogP contribution in [0.15, 0.2) is 100 Å². The summed E-state index contributed by atoms with van der Waals surface area (Å²) in [5.41, 5.74) is 3.12.